The van der Waals surface area contributed by atoms with Crippen molar-refractivity contribution >= 4 is 11.4 Å². The molecule has 4 heteroatoms. The van der Waals surface area contributed by atoms with Gasteiger partial charge in [0, 0.05) is 26.3 Å². The molecule has 0 spiro atoms. The van der Waals surface area contributed by atoms with E-state index >= 15 is 0 Å². The van der Waals surface area contributed by atoms with Crippen LogP contribution in [0.4, 0.5) is 11.4 Å². The van der Waals surface area contributed by atoms with Gasteiger partial charge in [0.2, 0.25) is 0 Å². The molecule has 3 N–H and O–H groups in total. The summed E-state index contributed by atoms with van der Waals surface area (Å²) in [6, 6.07) is 6.59. The highest BCUT2D eigenvalue weighted by Crippen LogP contribution is 2.27. The minimum atomic E-state index is 0.814. The molecule has 4 nitrogen and oxygen atoms in total. The van der Waals surface area contributed by atoms with Crippen molar-refractivity contribution in [3.63, 3.8) is 0 Å². The smallest absolute Gasteiger partial charge is 0.0600 e. The molecular weight excluding hydrogens is 274 g/mol. The third-order valence-corrected chi connectivity index (χ3v) is 4.20. The summed E-state index contributed by atoms with van der Waals surface area (Å²) in [7, 11) is 0. The van der Waals surface area contributed by atoms with Gasteiger partial charge in [0.25, 0.3) is 0 Å². The SMILES string of the molecule is CCOCCCNCCCc1ccc(N2CCCC2)c(N)c1. The highest BCUT2D eigenvalue weighted by Gasteiger charge is 2.14. The van der Waals surface area contributed by atoms with E-state index in [9.17, 15) is 0 Å². The van der Waals surface area contributed by atoms with Crippen LogP contribution in [-0.2, 0) is 11.2 Å². The number of benzene rings is 1. The summed E-state index contributed by atoms with van der Waals surface area (Å²) in [5, 5.41) is 3.47. The average molecular weight is 305 g/mol. The topological polar surface area (TPSA) is 50.5 Å². The van der Waals surface area contributed by atoms with Gasteiger partial charge in [-0.25, -0.2) is 0 Å². The molecule has 0 amide bonds. The fourth-order valence-corrected chi connectivity index (χ4v) is 2.99. The van der Waals surface area contributed by atoms with Gasteiger partial charge in [-0.15, -0.1) is 0 Å². The third kappa shape index (κ3) is 5.50. The van der Waals surface area contributed by atoms with E-state index in [4.69, 9.17) is 10.5 Å². The number of hydrogen-bond donors (Lipinski definition) is 2. The van der Waals surface area contributed by atoms with Crippen LogP contribution in [0.25, 0.3) is 0 Å². The van der Waals surface area contributed by atoms with Gasteiger partial charge in [-0.05, 0) is 69.8 Å². The van der Waals surface area contributed by atoms with Gasteiger partial charge in [0.15, 0.2) is 0 Å². The van der Waals surface area contributed by atoms with Crippen molar-refractivity contribution in [2.45, 2.75) is 39.0 Å². The van der Waals surface area contributed by atoms with Crippen molar-refractivity contribution in [1.29, 1.82) is 0 Å². The van der Waals surface area contributed by atoms with Crippen molar-refractivity contribution in [1.82, 2.24) is 5.32 Å². The number of hydrogen-bond acceptors (Lipinski definition) is 4. The Balaban J connectivity index is 1.65. The van der Waals surface area contributed by atoms with Crippen LogP contribution in [0, 0.1) is 0 Å². The number of nitrogens with zero attached hydrogens (tertiary/aromatic N) is 1. The van der Waals surface area contributed by atoms with E-state index in [0.717, 1.165) is 64.3 Å². The maximum Gasteiger partial charge on any atom is 0.0600 e. The Morgan fingerprint density at radius 3 is 2.68 bits per heavy atom. The normalized spacial score (nSPS) is 14.7. The number of aryl methyl sites for hydroxylation is 1. The third-order valence-electron chi connectivity index (χ3n) is 4.20. The zero-order valence-electron chi connectivity index (χ0n) is 13.9. The second kappa shape index (κ2) is 9.70. The lowest BCUT2D eigenvalue weighted by Gasteiger charge is -2.20. The summed E-state index contributed by atoms with van der Waals surface area (Å²) in [6.07, 6.45) is 5.90. The molecule has 1 heterocycles. The largest absolute Gasteiger partial charge is 0.397 e. The predicted octanol–water partition coefficient (Wildman–Crippen LogP) is 2.82. The first kappa shape index (κ1) is 17.1. The summed E-state index contributed by atoms with van der Waals surface area (Å²) in [5.41, 5.74) is 9.72. The molecule has 1 fully saturated rings. The van der Waals surface area contributed by atoms with Crippen LogP contribution in [0.5, 0.6) is 0 Å². The Morgan fingerprint density at radius 2 is 1.95 bits per heavy atom. The van der Waals surface area contributed by atoms with E-state index < -0.39 is 0 Å². The average Bonchev–Trinajstić information content (AvgIpc) is 3.04. The van der Waals surface area contributed by atoms with Crippen LogP contribution >= 0.6 is 0 Å². The molecule has 0 unspecified atom stereocenters. The van der Waals surface area contributed by atoms with Gasteiger partial charge >= 0.3 is 0 Å². The van der Waals surface area contributed by atoms with Gasteiger partial charge < -0.3 is 20.7 Å². The quantitative estimate of drug-likeness (QED) is 0.515. The first-order chi connectivity index (χ1) is 10.8. The van der Waals surface area contributed by atoms with Gasteiger partial charge in [-0.3, -0.25) is 0 Å². The number of nitrogen functional groups attached to an aromatic ring is 1. The number of ether oxygens (including phenoxy) is 1. The maximum absolute atomic E-state index is 6.23. The van der Waals surface area contributed by atoms with E-state index in [1.807, 2.05) is 6.92 Å². The minimum Gasteiger partial charge on any atom is -0.397 e. The fourth-order valence-electron chi connectivity index (χ4n) is 2.99. The maximum atomic E-state index is 6.23. The molecule has 124 valence electrons. The van der Waals surface area contributed by atoms with Crippen molar-refractivity contribution in [2.24, 2.45) is 0 Å². The summed E-state index contributed by atoms with van der Waals surface area (Å²) >= 11 is 0. The Labute approximate surface area is 135 Å². The molecule has 1 aromatic rings. The monoisotopic (exact) mass is 305 g/mol. The molecule has 22 heavy (non-hydrogen) atoms. The van der Waals surface area contributed by atoms with Crippen LogP contribution in [-0.4, -0.2) is 39.4 Å². The molecule has 2 rings (SSSR count). The van der Waals surface area contributed by atoms with Gasteiger partial charge in [-0.2, -0.15) is 0 Å². The van der Waals surface area contributed by atoms with E-state index in [2.05, 4.69) is 28.4 Å². The molecule has 1 aliphatic rings. The summed E-state index contributed by atoms with van der Waals surface area (Å²) in [5.74, 6) is 0. The molecule has 1 aromatic carbocycles. The Kier molecular flexibility index (Phi) is 7.54. The highest BCUT2D eigenvalue weighted by molar-refractivity contribution is 5.68. The number of rotatable bonds is 10. The second-order valence-electron chi connectivity index (χ2n) is 5.99. The van der Waals surface area contributed by atoms with Crippen LogP contribution in [0.15, 0.2) is 18.2 Å². The zero-order valence-corrected chi connectivity index (χ0v) is 13.9. The van der Waals surface area contributed by atoms with Crippen LogP contribution < -0.4 is 16.0 Å². The Hall–Kier alpha value is -1.26. The Morgan fingerprint density at radius 1 is 1.18 bits per heavy atom. The van der Waals surface area contributed by atoms with E-state index in [0.29, 0.717) is 0 Å². The molecule has 0 saturated carbocycles. The molecule has 0 radical (unpaired) electrons. The van der Waals surface area contributed by atoms with E-state index in [1.54, 1.807) is 0 Å². The molecule has 1 aliphatic heterocycles. The van der Waals surface area contributed by atoms with Crippen molar-refractivity contribution < 1.29 is 4.74 Å². The summed E-state index contributed by atoms with van der Waals surface area (Å²) in [6.45, 7) is 8.10. The van der Waals surface area contributed by atoms with E-state index in [-0.39, 0.29) is 0 Å². The van der Waals surface area contributed by atoms with Crippen LogP contribution in [0.1, 0.15) is 38.2 Å². The molecule has 0 bridgehead atoms. The Bertz CT molecular complexity index is 430. The van der Waals surface area contributed by atoms with Crippen LogP contribution in [0.2, 0.25) is 0 Å². The van der Waals surface area contributed by atoms with E-state index in [1.165, 1.54) is 24.1 Å². The van der Waals surface area contributed by atoms with Gasteiger partial charge in [-0.1, -0.05) is 6.07 Å². The molecule has 0 atom stereocenters. The molecule has 0 aromatic heterocycles. The molecule has 1 saturated heterocycles. The second-order valence-corrected chi connectivity index (χ2v) is 5.99. The van der Waals surface area contributed by atoms with Crippen LogP contribution in [0.3, 0.4) is 0 Å². The lowest BCUT2D eigenvalue weighted by molar-refractivity contribution is 0.145. The lowest BCUT2D eigenvalue weighted by atomic mass is 10.1. The van der Waals surface area contributed by atoms with Crippen molar-refractivity contribution in [3.05, 3.63) is 23.8 Å². The number of nitrogens with one attached hydrogen (secondary N) is 1. The van der Waals surface area contributed by atoms with Gasteiger partial charge in [0.1, 0.15) is 0 Å². The molecular formula is C18H31N3O. The predicted molar refractivity (Wildman–Crippen MR) is 94.6 cm³/mol. The summed E-state index contributed by atoms with van der Waals surface area (Å²) in [4.78, 5) is 2.40. The fraction of sp³-hybridized carbons (Fsp3) is 0.667. The standard InChI is InChI=1S/C18H31N3O/c1-2-22-14-6-11-20-10-5-7-16-8-9-18(17(19)15-16)21-12-3-4-13-21/h8-9,15,20H,2-7,10-14,19H2,1H3. The van der Waals surface area contributed by atoms with Crippen molar-refractivity contribution in [3.8, 4) is 0 Å². The highest BCUT2D eigenvalue weighted by atomic mass is 16.5. The number of anilines is 2. The lowest BCUT2D eigenvalue weighted by Crippen LogP contribution is -2.19. The zero-order chi connectivity index (χ0) is 15.6. The first-order valence-corrected chi connectivity index (χ1v) is 8.73. The molecule has 0 aliphatic carbocycles. The van der Waals surface area contributed by atoms with Crippen molar-refractivity contribution in [2.75, 3.05) is 50.0 Å². The first-order valence-electron chi connectivity index (χ1n) is 8.73. The minimum absolute atomic E-state index is 0.814. The van der Waals surface area contributed by atoms with Gasteiger partial charge in [0.05, 0.1) is 11.4 Å². The summed E-state index contributed by atoms with van der Waals surface area (Å²) < 4.78 is 5.32. The number of nitrogens with two attached hydrogens (primary N) is 1.